The smallest absolute Gasteiger partial charge is 0.417 e. The number of methoxy groups -OCH3 is 1. The molecular formula is C7H5F3INO. The molecule has 6 heteroatoms. The minimum atomic E-state index is -4.35. The Morgan fingerprint density at radius 3 is 2.46 bits per heavy atom. The maximum absolute atomic E-state index is 12.1. The lowest BCUT2D eigenvalue weighted by Gasteiger charge is -2.07. The second-order valence-corrected chi connectivity index (χ2v) is 3.38. The van der Waals surface area contributed by atoms with Crippen LogP contribution in [0.25, 0.3) is 0 Å². The van der Waals surface area contributed by atoms with E-state index in [0.717, 1.165) is 12.3 Å². The first-order chi connectivity index (χ1) is 5.95. The van der Waals surface area contributed by atoms with E-state index in [0.29, 0.717) is 3.57 Å². The van der Waals surface area contributed by atoms with Crippen molar-refractivity contribution >= 4 is 22.6 Å². The van der Waals surface area contributed by atoms with Crippen LogP contribution in [-0.4, -0.2) is 12.1 Å². The molecule has 1 heterocycles. The van der Waals surface area contributed by atoms with Gasteiger partial charge in [-0.3, -0.25) is 0 Å². The highest BCUT2D eigenvalue weighted by Crippen LogP contribution is 2.31. The van der Waals surface area contributed by atoms with Crippen LogP contribution in [0.5, 0.6) is 5.88 Å². The Labute approximate surface area is 86.3 Å². The second kappa shape index (κ2) is 3.69. The van der Waals surface area contributed by atoms with Crippen LogP contribution in [-0.2, 0) is 6.18 Å². The van der Waals surface area contributed by atoms with E-state index in [4.69, 9.17) is 4.74 Å². The summed E-state index contributed by atoms with van der Waals surface area (Å²) in [6.07, 6.45) is -3.60. The SMILES string of the molecule is COc1ncc(C(F)(F)F)cc1I. The molecule has 0 spiro atoms. The van der Waals surface area contributed by atoms with Crippen molar-refractivity contribution in [2.24, 2.45) is 0 Å². The zero-order chi connectivity index (χ0) is 10.1. The van der Waals surface area contributed by atoms with E-state index in [-0.39, 0.29) is 5.88 Å². The predicted molar refractivity (Wildman–Crippen MR) is 48.5 cm³/mol. The van der Waals surface area contributed by atoms with Crippen LogP contribution >= 0.6 is 22.6 Å². The van der Waals surface area contributed by atoms with Gasteiger partial charge in [-0.2, -0.15) is 13.2 Å². The van der Waals surface area contributed by atoms with Crippen molar-refractivity contribution in [3.05, 3.63) is 21.4 Å². The predicted octanol–water partition coefficient (Wildman–Crippen LogP) is 2.71. The largest absolute Gasteiger partial charge is 0.480 e. The first kappa shape index (κ1) is 10.6. The van der Waals surface area contributed by atoms with Gasteiger partial charge in [0.15, 0.2) is 0 Å². The first-order valence-corrected chi connectivity index (χ1v) is 4.29. The summed E-state index contributed by atoms with van der Waals surface area (Å²) in [7, 11) is 1.36. The lowest BCUT2D eigenvalue weighted by Crippen LogP contribution is -2.06. The summed E-state index contributed by atoms with van der Waals surface area (Å²) in [6, 6.07) is 0.992. The van der Waals surface area contributed by atoms with Gasteiger partial charge < -0.3 is 4.74 Å². The summed E-state index contributed by atoms with van der Waals surface area (Å²) < 4.78 is 41.4. The van der Waals surface area contributed by atoms with E-state index in [9.17, 15) is 13.2 Å². The van der Waals surface area contributed by atoms with Crippen molar-refractivity contribution in [2.45, 2.75) is 6.18 Å². The lowest BCUT2D eigenvalue weighted by molar-refractivity contribution is -0.137. The van der Waals surface area contributed by atoms with Crippen LogP contribution < -0.4 is 4.74 Å². The van der Waals surface area contributed by atoms with Crippen molar-refractivity contribution in [1.82, 2.24) is 4.98 Å². The highest BCUT2D eigenvalue weighted by molar-refractivity contribution is 14.1. The molecule has 0 bridgehead atoms. The van der Waals surface area contributed by atoms with Gasteiger partial charge in [-0.25, -0.2) is 4.98 Å². The normalized spacial score (nSPS) is 11.5. The van der Waals surface area contributed by atoms with E-state index in [1.54, 1.807) is 22.6 Å². The first-order valence-electron chi connectivity index (χ1n) is 3.22. The Hall–Kier alpha value is -0.530. The maximum atomic E-state index is 12.1. The molecule has 1 rings (SSSR count). The lowest BCUT2D eigenvalue weighted by atomic mass is 10.3. The highest BCUT2D eigenvalue weighted by atomic mass is 127. The number of nitrogens with zero attached hydrogens (tertiary/aromatic N) is 1. The third-order valence-corrected chi connectivity index (χ3v) is 2.10. The van der Waals surface area contributed by atoms with Crippen LogP contribution in [0.1, 0.15) is 5.56 Å². The minimum Gasteiger partial charge on any atom is -0.480 e. The molecule has 0 aliphatic carbocycles. The second-order valence-electron chi connectivity index (χ2n) is 2.21. The summed E-state index contributed by atoms with van der Waals surface area (Å²) in [6.45, 7) is 0. The molecule has 72 valence electrons. The molecule has 0 atom stereocenters. The number of pyridine rings is 1. The molecular weight excluding hydrogens is 298 g/mol. The van der Waals surface area contributed by atoms with Crippen LogP contribution in [0, 0.1) is 3.57 Å². The van der Waals surface area contributed by atoms with Crippen molar-refractivity contribution in [1.29, 1.82) is 0 Å². The van der Waals surface area contributed by atoms with E-state index >= 15 is 0 Å². The standard InChI is InChI=1S/C7H5F3INO/c1-13-6-5(11)2-4(3-12-6)7(8,9)10/h2-3H,1H3. The van der Waals surface area contributed by atoms with Gasteiger partial charge in [0.2, 0.25) is 5.88 Å². The molecule has 0 aliphatic rings. The van der Waals surface area contributed by atoms with Crippen molar-refractivity contribution in [3.63, 3.8) is 0 Å². The van der Waals surface area contributed by atoms with Gasteiger partial charge in [0, 0.05) is 6.20 Å². The monoisotopic (exact) mass is 303 g/mol. The van der Waals surface area contributed by atoms with Crippen molar-refractivity contribution < 1.29 is 17.9 Å². The van der Waals surface area contributed by atoms with Crippen LogP contribution in [0.3, 0.4) is 0 Å². The molecule has 0 saturated carbocycles. The summed E-state index contributed by atoms with van der Waals surface area (Å²) in [5, 5.41) is 0. The Morgan fingerprint density at radius 1 is 1.46 bits per heavy atom. The summed E-state index contributed by atoms with van der Waals surface area (Å²) in [5.41, 5.74) is -0.766. The number of ether oxygens (including phenoxy) is 1. The fraction of sp³-hybridized carbons (Fsp3) is 0.286. The summed E-state index contributed by atoms with van der Waals surface area (Å²) in [5.74, 6) is 0.202. The minimum absolute atomic E-state index is 0.202. The maximum Gasteiger partial charge on any atom is 0.417 e. The molecule has 0 saturated heterocycles. The average Bonchev–Trinajstić information content (AvgIpc) is 2.02. The molecule has 0 radical (unpaired) electrons. The van der Waals surface area contributed by atoms with Crippen LogP contribution in [0.4, 0.5) is 13.2 Å². The number of alkyl halides is 3. The van der Waals surface area contributed by atoms with Crippen LogP contribution in [0.15, 0.2) is 12.3 Å². The Morgan fingerprint density at radius 2 is 2.08 bits per heavy atom. The molecule has 0 fully saturated rings. The molecule has 0 amide bonds. The molecule has 0 aliphatic heterocycles. The van der Waals surface area contributed by atoms with Gasteiger partial charge in [-0.05, 0) is 28.7 Å². The number of hydrogen-bond donors (Lipinski definition) is 0. The quantitative estimate of drug-likeness (QED) is 0.744. The third-order valence-electron chi connectivity index (χ3n) is 1.33. The fourth-order valence-electron chi connectivity index (χ4n) is 0.731. The van der Waals surface area contributed by atoms with Crippen molar-refractivity contribution in [2.75, 3.05) is 7.11 Å². The zero-order valence-electron chi connectivity index (χ0n) is 6.52. The summed E-state index contributed by atoms with van der Waals surface area (Å²) >= 11 is 1.74. The molecule has 0 N–H and O–H groups in total. The highest BCUT2D eigenvalue weighted by Gasteiger charge is 2.31. The Bertz CT molecular complexity index is 313. The van der Waals surface area contributed by atoms with E-state index in [2.05, 4.69) is 4.98 Å². The number of hydrogen-bond acceptors (Lipinski definition) is 2. The van der Waals surface area contributed by atoms with Crippen molar-refractivity contribution in [3.8, 4) is 5.88 Å². The van der Waals surface area contributed by atoms with Gasteiger partial charge in [-0.1, -0.05) is 0 Å². The topological polar surface area (TPSA) is 22.1 Å². The van der Waals surface area contributed by atoms with Crippen LogP contribution in [0.2, 0.25) is 0 Å². The van der Waals surface area contributed by atoms with E-state index in [1.165, 1.54) is 7.11 Å². The van der Waals surface area contributed by atoms with Gasteiger partial charge >= 0.3 is 6.18 Å². The molecule has 1 aromatic heterocycles. The summed E-state index contributed by atoms with van der Waals surface area (Å²) in [4.78, 5) is 3.51. The molecule has 1 aromatic rings. The fourth-order valence-corrected chi connectivity index (χ4v) is 1.43. The Kier molecular flexibility index (Phi) is 2.99. The third kappa shape index (κ3) is 2.45. The molecule has 0 unspecified atom stereocenters. The van der Waals surface area contributed by atoms with E-state index < -0.39 is 11.7 Å². The molecule has 0 aromatic carbocycles. The van der Waals surface area contributed by atoms with Gasteiger partial charge in [0.1, 0.15) is 0 Å². The zero-order valence-corrected chi connectivity index (χ0v) is 8.68. The van der Waals surface area contributed by atoms with Gasteiger partial charge in [-0.15, -0.1) is 0 Å². The molecule has 2 nitrogen and oxygen atoms in total. The number of aromatic nitrogens is 1. The number of rotatable bonds is 1. The average molecular weight is 303 g/mol. The van der Waals surface area contributed by atoms with Gasteiger partial charge in [0.05, 0.1) is 16.2 Å². The Balaban J connectivity index is 3.10. The number of halogens is 4. The van der Waals surface area contributed by atoms with E-state index in [1.807, 2.05) is 0 Å². The van der Waals surface area contributed by atoms with Gasteiger partial charge in [0.25, 0.3) is 0 Å². The molecule has 13 heavy (non-hydrogen) atoms.